The second-order valence-electron chi connectivity index (χ2n) is 7.09. The van der Waals surface area contributed by atoms with Gasteiger partial charge in [0, 0.05) is 0 Å². The summed E-state index contributed by atoms with van der Waals surface area (Å²) in [4.78, 5) is 0. The van der Waals surface area contributed by atoms with Crippen molar-refractivity contribution in [1.82, 2.24) is 0 Å². The topological polar surface area (TPSA) is 20.2 Å². The number of fused-ring (bicyclic) bond motifs is 2. The van der Waals surface area contributed by atoms with Crippen LogP contribution in [-0.2, 0) is 0 Å². The molecule has 1 nitrogen and oxygen atoms in total. The lowest BCUT2D eigenvalue weighted by Crippen LogP contribution is -2.23. The lowest BCUT2D eigenvalue weighted by molar-refractivity contribution is 0.0845. The number of rotatable bonds is 3. The zero-order valence-electron chi connectivity index (χ0n) is 10.5. The molecule has 15 heavy (non-hydrogen) atoms. The number of aliphatic hydroxyl groups excluding tert-OH is 1. The molecule has 0 saturated heterocycles. The fraction of sp³-hybridized carbons (Fsp3) is 1.00. The third-order valence-corrected chi connectivity index (χ3v) is 4.31. The molecule has 0 aromatic heterocycles. The Morgan fingerprint density at radius 2 is 1.93 bits per heavy atom. The lowest BCUT2D eigenvalue weighted by atomic mass is 9.81. The molecule has 0 aromatic rings. The maximum atomic E-state index is 10.1. The van der Waals surface area contributed by atoms with Crippen LogP contribution in [0.15, 0.2) is 0 Å². The van der Waals surface area contributed by atoms with Crippen LogP contribution in [0.3, 0.4) is 0 Å². The van der Waals surface area contributed by atoms with E-state index >= 15 is 0 Å². The minimum absolute atomic E-state index is 0.0608. The van der Waals surface area contributed by atoms with E-state index in [2.05, 4.69) is 20.8 Å². The summed E-state index contributed by atoms with van der Waals surface area (Å²) in [5, 5.41) is 10.1. The molecule has 0 aliphatic heterocycles. The molecular weight excluding hydrogens is 184 g/mol. The minimum Gasteiger partial charge on any atom is -0.393 e. The van der Waals surface area contributed by atoms with E-state index in [0.29, 0.717) is 0 Å². The Hall–Kier alpha value is -0.0400. The summed E-state index contributed by atoms with van der Waals surface area (Å²) < 4.78 is 0. The summed E-state index contributed by atoms with van der Waals surface area (Å²) in [5.74, 6) is 2.83. The van der Waals surface area contributed by atoms with Crippen molar-refractivity contribution < 1.29 is 5.11 Å². The van der Waals surface area contributed by atoms with E-state index in [4.69, 9.17) is 0 Å². The van der Waals surface area contributed by atoms with E-state index in [9.17, 15) is 5.11 Å². The molecule has 88 valence electrons. The molecule has 2 aliphatic rings. The van der Waals surface area contributed by atoms with Gasteiger partial charge in [-0.2, -0.15) is 0 Å². The highest BCUT2D eigenvalue weighted by Crippen LogP contribution is 2.50. The van der Waals surface area contributed by atoms with Gasteiger partial charge in [0.15, 0.2) is 0 Å². The van der Waals surface area contributed by atoms with Gasteiger partial charge in [-0.05, 0) is 55.3 Å². The lowest BCUT2D eigenvalue weighted by Gasteiger charge is -2.27. The van der Waals surface area contributed by atoms with Gasteiger partial charge in [0.1, 0.15) is 0 Å². The second kappa shape index (κ2) is 4.08. The van der Waals surface area contributed by atoms with Crippen LogP contribution in [0.5, 0.6) is 0 Å². The molecule has 0 heterocycles. The van der Waals surface area contributed by atoms with E-state index in [1.165, 1.54) is 25.7 Å². The van der Waals surface area contributed by atoms with Crippen molar-refractivity contribution >= 4 is 0 Å². The first kappa shape index (κ1) is 11.4. The Labute approximate surface area is 94.3 Å². The van der Waals surface area contributed by atoms with Crippen molar-refractivity contribution in [3.63, 3.8) is 0 Å². The van der Waals surface area contributed by atoms with E-state index in [1.807, 2.05) is 0 Å². The zero-order valence-corrected chi connectivity index (χ0v) is 10.5. The van der Waals surface area contributed by atoms with Gasteiger partial charge in [-0.15, -0.1) is 0 Å². The molecule has 2 fully saturated rings. The molecule has 4 atom stereocenters. The molecule has 4 unspecified atom stereocenters. The maximum Gasteiger partial charge on any atom is 0.0548 e. The van der Waals surface area contributed by atoms with Crippen molar-refractivity contribution in [1.29, 1.82) is 0 Å². The Morgan fingerprint density at radius 1 is 1.20 bits per heavy atom. The summed E-state index contributed by atoms with van der Waals surface area (Å²) in [6, 6.07) is 0. The molecule has 2 rings (SSSR count). The molecule has 2 bridgehead atoms. The predicted octanol–water partition coefficient (Wildman–Crippen LogP) is 3.61. The maximum absolute atomic E-state index is 10.1. The van der Waals surface area contributed by atoms with Crippen molar-refractivity contribution in [3.05, 3.63) is 0 Å². The third kappa shape index (κ3) is 2.96. The quantitative estimate of drug-likeness (QED) is 0.754. The Kier molecular flexibility index (Phi) is 3.12. The minimum atomic E-state index is -0.0608. The fourth-order valence-electron chi connectivity index (χ4n) is 3.80. The average molecular weight is 210 g/mol. The van der Waals surface area contributed by atoms with Crippen LogP contribution < -0.4 is 0 Å². The molecule has 0 spiro atoms. The zero-order chi connectivity index (χ0) is 11.1. The molecule has 2 saturated carbocycles. The van der Waals surface area contributed by atoms with Crippen LogP contribution in [0.1, 0.15) is 59.3 Å². The van der Waals surface area contributed by atoms with E-state index < -0.39 is 0 Å². The average Bonchev–Trinajstić information content (AvgIpc) is 2.60. The van der Waals surface area contributed by atoms with Crippen molar-refractivity contribution in [2.45, 2.75) is 65.4 Å². The van der Waals surface area contributed by atoms with Crippen molar-refractivity contribution in [3.8, 4) is 0 Å². The van der Waals surface area contributed by atoms with Crippen LogP contribution in [0, 0.1) is 23.2 Å². The number of aliphatic hydroxyl groups is 1. The Bertz CT molecular complexity index is 216. The van der Waals surface area contributed by atoms with E-state index in [1.54, 1.807) is 0 Å². The van der Waals surface area contributed by atoms with Gasteiger partial charge in [0.2, 0.25) is 0 Å². The molecule has 2 aliphatic carbocycles. The highest BCUT2D eigenvalue weighted by atomic mass is 16.3. The first-order valence-corrected chi connectivity index (χ1v) is 6.62. The van der Waals surface area contributed by atoms with E-state index in [0.717, 1.165) is 30.6 Å². The molecule has 1 heteroatoms. The van der Waals surface area contributed by atoms with Crippen LogP contribution in [0.2, 0.25) is 0 Å². The highest BCUT2D eigenvalue weighted by molar-refractivity contribution is 4.91. The molecule has 0 amide bonds. The van der Waals surface area contributed by atoms with Gasteiger partial charge in [-0.25, -0.2) is 0 Å². The smallest absolute Gasteiger partial charge is 0.0548 e. The standard InChI is InChI=1S/C14H26O/c1-14(2,3)9-13(15)8-12-7-10-4-5-11(12)6-10/h10-13,15H,4-9H2,1-3H3. The summed E-state index contributed by atoms with van der Waals surface area (Å²) in [6.07, 6.45) is 7.75. The fourth-order valence-corrected chi connectivity index (χ4v) is 3.80. The number of hydrogen-bond acceptors (Lipinski definition) is 1. The normalized spacial score (nSPS) is 37.2. The highest BCUT2D eigenvalue weighted by Gasteiger charge is 2.40. The summed E-state index contributed by atoms with van der Waals surface area (Å²) >= 11 is 0. The van der Waals surface area contributed by atoms with Crippen molar-refractivity contribution in [2.75, 3.05) is 0 Å². The van der Waals surface area contributed by atoms with Gasteiger partial charge >= 0.3 is 0 Å². The van der Waals surface area contributed by atoms with Crippen LogP contribution in [-0.4, -0.2) is 11.2 Å². The van der Waals surface area contributed by atoms with Gasteiger partial charge in [0.25, 0.3) is 0 Å². The number of hydrogen-bond donors (Lipinski definition) is 1. The molecule has 1 N–H and O–H groups in total. The summed E-state index contributed by atoms with van der Waals surface area (Å²) in [7, 11) is 0. The van der Waals surface area contributed by atoms with E-state index in [-0.39, 0.29) is 11.5 Å². The second-order valence-corrected chi connectivity index (χ2v) is 7.09. The molecular formula is C14H26O. The molecule has 0 aromatic carbocycles. The monoisotopic (exact) mass is 210 g/mol. The summed E-state index contributed by atoms with van der Waals surface area (Å²) in [6.45, 7) is 6.66. The first-order chi connectivity index (χ1) is 6.94. The SMILES string of the molecule is CC(C)(C)CC(O)CC1CC2CCC1C2. The molecule has 0 radical (unpaired) electrons. The van der Waals surface area contributed by atoms with Gasteiger partial charge in [-0.3, -0.25) is 0 Å². The van der Waals surface area contributed by atoms with Crippen LogP contribution in [0.4, 0.5) is 0 Å². The largest absolute Gasteiger partial charge is 0.393 e. The predicted molar refractivity (Wildman–Crippen MR) is 63.6 cm³/mol. The summed E-state index contributed by atoms with van der Waals surface area (Å²) in [5.41, 5.74) is 0.275. The first-order valence-electron chi connectivity index (χ1n) is 6.62. The van der Waals surface area contributed by atoms with Gasteiger partial charge < -0.3 is 5.11 Å². The Morgan fingerprint density at radius 3 is 2.40 bits per heavy atom. The Balaban J connectivity index is 1.77. The van der Waals surface area contributed by atoms with Crippen LogP contribution in [0.25, 0.3) is 0 Å². The van der Waals surface area contributed by atoms with Gasteiger partial charge in [0.05, 0.1) is 6.10 Å². The van der Waals surface area contributed by atoms with Crippen LogP contribution >= 0.6 is 0 Å². The van der Waals surface area contributed by atoms with Gasteiger partial charge in [-0.1, -0.05) is 27.2 Å². The van der Waals surface area contributed by atoms with Crippen molar-refractivity contribution in [2.24, 2.45) is 23.2 Å². The third-order valence-electron chi connectivity index (χ3n) is 4.31.